The maximum Gasteiger partial charge on any atom is 0.0858 e. The monoisotopic (exact) mass is 329 g/mol. The molecule has 24 heavy (non-hydrogen) atoms. The zero-order valence-electron chi connectivity index (χ0n) is 15.5. The van der Waals surface area contributed by atoms with Crippen LogP contribution >= 0.6 is 0 Å². The fourth-order valence-corrected chi connectivity index (χ4v) is 6.79. The minimum atomic E-state index is -0.668. The van der Waals surface area contributed by atoms with Crippen LogP contribution in [0.4, 0.5) is 0 Å². The third-order valence-electron chi connectivity index (χ3n) is 8.60. The summed E-state index contributed by atoms with van der Waals surface area (Å²) in [4.78, 5) is 0. The summed E-state index contributed by atoms with van der Waals surface area (Å²) < 4.78 is 0. The van der Waals surface area contributed by atoms with Crippen molar-refractivity contribution in [2.75, 3.05) is 0 Å². The number of oxime groups is 1. The SMILES string of the molecule is CC1=C2CC[C@@H]3[C@H](CC[C@@]4(C)[C@H]3C=C[C@]4(C)O)[C@@]2(C)CC/C1=N\O. The number of hydrogen-bond acceptors (Lipinski definition) is 3. The normalized spacial score (nSPS) is 52.2. The molecule has 0 heterocycles. The quantitative estimate of drug-likeness (QED) is 0.384. The van der Waals surface area contributed by atoms with Crippen molar-refractivity contribution in [2.45, 2.75) is 71.8 Å². The Morgan fingerprint density at radius 2 is 1.88 bits per heavy atom. The van der Waals surface area contributed by atoms with Gasteiger partial charge in [0.2, 0.25) is 0 Å². The molecule has 0 aromatic rings. The molecule has 0 saturated heterocycles. The summed E-state index contributed by atoms with van der Waals surface area (Å²) in [6, 6.07) is 0. The Labute approximate surface area is 145 Å². The average molecular weight is 329 g/mol. The molecule has 132 valence electrons. The summed E-state index contributed by atoms with van der Waals surface area (Å²) in [5.74, 6) is 1.86. The van der Waals surface area contributed by atoms with Crippen molar-refractivity contribution >= 4 is 5.71 Å². The van der Waals surface area contributed by atoms with Gasteiger partial charge in [-0.2, -0.15) is 0 Å². The molecule has 0 aliphatic heterocycles. The molecule has 0 aromatic carbocycles. The lowest BCUT2D eigenvalue weighted by atomic mass is 9.46. The van der Waals surface area contributed by atoms with E-state index in [0.717, 1.165) is 31.4 Å². The Morgan fingerprint density at radius 3 is 2.58 bits per heavy atom. The average Bonchev–Trinajstić information content (AvgIpc) is 2.78. The molecule has 0 aromatic heterocycles. The number of fused-ring (bicyclic) bond motifs is 5. The van der Waals surface area contributed by atoms with Crippen molar-refractivity contribution in [3.63, 3.8) is 0 Å². The van der Waals surface area contributed by atoms with Gasteiger partial charge in [0.1, 0.15) is 0 Å². The van der Waals surface area contributed by atoms with Crippen LogP contribution in [0.25, 0.3) is 0 Å². The zero-order chi connectivity index (χ0) is 17.3. The molecule has 2 saturated carbocycles. The topological polar surface area (TPSA) is 52.8 Å². The fourth-order valence-electron chi connectivity index (χ4n) is 6.79. The maximum atomic E-state index is 10.9. The molecule has 2 N–H and O–H groups in total. The van der Waals surface area contributed by atoms with Crippen molar-refractivity contribution in [3.05, 3.63) is 23.3 Å². The van der Waals surface area contributed by atoms with Gasteiger partial charge in [-0.05, 0) is 81.1 Å². The second-order valence-electron chi connectivity index (χ2n) is 9.37. The van der Waals surface area contributed by atoms with Crippen LogP contribution in [0.15, 0.2) is 28.5 Å². The molecule has 0 bridgehead atoms. The highest BCUT2D eigenvalue weighted by atomic mass is 16.4. The van der Waals surface area contributed by atoms with E-state index in [1.165, 1.54) is 18.4 Å². The highest BCUT2D eigenvalue weighted by molar-refractivity contribution is 6.01. The summed E-state index contributed by atoms with van der Waals surface area (Å²) in [6.45, 7) is 8.89. The van der Waals surface area contributed by atoms with Crippen LogP contribution in [0.5, 0.6) is 0 Å². The molecule has 4 aliphatic carbocycles. The molecular weight excluding hydrogens is 298 g/mol. The van der Waals surface area contributed by atoms with Gasteiger partial charge in [0, 0.05) is 5.41 Å². The Morgan fingerprint density at radius 1 is 1.12 bits per heavy atom. The lowest BCUT2D eigenvalue weighted by Gasteiger charge is -2.59. The van der Waals surface area contributed by atoms with Gasteiger partial charge in [0.05, 0.1) is 11.3 Å². The molecule has 6 atom stereocenters. The largest absolute Gasteiger partial charge is 0.411 e. The molecule has 0 amide bonds. The summed E-state index contributed by atoms with van der Waals surface area (Å²) in [6.07, 6.45) is 11.0. The van der Waals surface area contributed by atoms with Gasteiger partial charge in [0.15, 0.2) is 0 Å². The van der Waals surface area contributed by atoms with E-state index >= 15 is 0 Å². The first-order chi connectivity index (χ1) is 11.2. The predicted octanol–water partition coefficient (Wildman–Crippen LogP) is 4.70. The Hall–Kier alpha value is -1.09. The van der Waals surface area contributed by atoms with E-state index in [9.17, 15) is 10.3 Å². The van der Waals surface area contributed by atoms with Crippen molar-refractivity contribution < 1.29 is 10.3 Å². The number of allylic oxidation sites excluding steroid dienone is 3. The van der Waals surface area contributed by atoms with Gasteiger partial charge in [-0.15, -0.1) is 0 Å². The Kier molecular flexibility index (Phi) is 3.39. The van der Waals surface area contributed by atoms with Crippen molar-refractivity contribution in [3.8, 4) is 0 Å². The number of nitrogens with zero attached hydrogens (tertiary/aromatic N) is 1. The van der Waals surface area contributed by atoms with E-state index in [0.29, 0.717) is 17.8 Å². The van der Waals surface area contributed by atoms with Gasteiger partial charge >= 0.3 is 0 Å². The minimum absolute atomic E-state index is 0.00677. The van der Waals surface area contributed by atoms with Crippen LogP contribution in [-0.4, -0.2) is 21.6 Å². The smallest absolute Gasteiger partial charge is 0.0858 e. The standard InChI is InChI=1S/C21H31NO2/c1-13-15-6-5-14-16(19(15,2)10-9-18(13)22-24)7-11-20(3)17(14)8-12-21(20,4)23/h8,12,14,16-17,23-24H,5-7,9-11H2,1-4H3/b22-18+/t14-,16+,17+,19+,20+,21+/m1/s1. The predicted molar refractivity (Wildman–Crippen MR) is 96.1 cm³/mol. The number of rotatable bonds is 0. The first kappa shape index (κ1) is 16.4. The van der Waals surface area contributed by atoms with Crippen molar-refractivity contribution in [1.82, 2.24) is 0 Å². The second-order valence-corrected chi connectivity index (χ2v) is 9.37. The first-order valence-electron chi connectivity index (χ1n) is 9.58. The molecule has 0 radical (unpaired) electrons. The van der Waals surface area contributed by atoms with E-state index < -0.39 is 5.60 Å². The third kappa shape index (κ3) is 1.85. The Balaban J connectivity index is 1.73. The van der Waals surface area contributed by atoms with Gasteiger partial charge in [-0.25, -0.2) is 0 Å². The lowest BCUT2D eigenvalue weighted by Crippen LogP contribution is -2.54. The maximum absolute atomic E-state index is 10.9. The highest BCUT2D eigenvalue weighted by Crippen LogP contribution is 2.66. The lowest BCUT2D eigenvalue weighted by molar-refractivity contribution is -0.105. The summed E-state index contributed by atoms with van der Waals surface area (Å²) in [5.41, 5.74) is 3.24. The molecule has 3 nitrogen and oxygen atoms in total. The molecular formula is C21H31NO2. The summed E-state index contributed by atoms with van der Waals surface area (Å²) in [5, 5.41) is 23.8. The van der Waals surface area contributed by atoms with Crippen LogP contribution in [-0.2, 0) is 0 Å². The van der Waals surface area contributed by atoms with E-state index in [4.69, 9.17) is 0 Å². The van der Waals surface area contributed by atoms with E-state index in [1.54, 1.807) is 5.57 Å². The minimum Gasteiger partial charge on any atom is -0.411 e. The Bertz CT molecular complexity index is 659. The molecule has 4 aliphatic rings. The van der Waals surface area contributed by atoms with Crippen LogP contribution < -0.4 is 0 Å². The van der Waals surface area contributed by atoms with Crippen molar-refractivity contribution in [1.29, 1.82) is 0 Å². The summed E-state index contributed by atoms with van der Waals surface area (Å²) >= 11 is 0. The summed E-state index contributed by atoms with van der Waals surface area (Å²) in [7, 11) is 0. The number of aliphatic hydroxyl groups is 1. The van der Waals surface area contributed by atoms with Gasteiger partial charge in [0.25, 0.3) is 0 Å². The van der Waals surface area contributed by atoms with Crippen LogP contribution in [0.2, 0.25) is 0 Å². The molecule has 0 unspecified atom stereocenters. The van der Waals surface area contributed by atoms with Gasteiger partial charge in [-0.1, -0.05) is 36.7 Å². The molecule has 0 spiro atoms. The zero-order valence-corrected chi connectivity index (χ0v) is 15.5. The van der Waals surface area contributed by atoms with Gasteiger partial charge < -0.3 is 10.3 Å². The van der Waals surface area contributed by atoms with E-state index in [2.05, 4.69) is 38.1 Å². The first-order valence-corrected chi connectivity index (χ1v) is 9.58. The van der Waals surface area contributed by atoms with Gasteiger partial charge in [-0.3, -0.25) is 0 Å². The van der Waals surface area contributed by atoms with E-state index in [1.807, 2.05) is 6.92 Å². The van der Waals surface area contributed by atoms with Crippen LogP contribution in [0, 0.1) is 28.6 Å². The van der Waals surface area contributed by atoms with Crippen molar-refractivity contribution in [2.24, 2.45) is 33.7 Å². The molecule has 3 heteroatoms. The second kappa shape index (κ2) is 4.97. The molecule has 2 fully saturated rings. The van der Waals surface area contributed by atoms with Crippen LogP contribution in [0.1, 0.15) is 66.2 Å². The highest BCUT2D eigenvalue weighted by Gasteiger charge is 2.60. The fraction of sp³-hybridized carbons (Fsp3) is 0.762. The van der Waals surface area contributed by atoms with E-state index in [-0.39, 0.29) is 10.8 Å². The molecule has 4 rings (SSSR count). The third-order valence-corrected chi connectivity index (χ3v) is 8.60. The van der Waals surface area contributed by atoms with Crippen LogP contribution in [0.3, 0.4) is 0 Å². The number of hydrogen-bond donors (Lipinski definition) is 2.